The number of benzene rings is 2. The molecule has 0 bridgehead atoms. The number of carbonyl (C=O) groups excluding carboxylic acids is 1. The first kappa shape index (κ1) is 15.8. The van der Waals surface area contributed by atoms with Gasteiger partial charge in [0.25, 0.3) is 5.91 Å². The van der Waals surface area contributed by atoms with Gasteiger partial charge >= 0.3 is 5.97 Å². The molecule has 108 valence electrons. The molecule has 0 atom stereocenters. The maximum absolute atomic E-state index is 12.2. The Labute approximate surface area is 140 Å². The Morgan fingerprint density at radius 3 is 2.38 bits per heavy atom. The van der Waals surface area contributed by atoms with E-state index in [9.17, 15) is 14.7 Å². The Bertz CT molecular complexity index is 714. The van der Waals surface area contributed by atoms with Gasteiger partial charge in [0.05, 0.1) is 11.3 Å². The van der Waals surface area contributed by atoms with Crippen molar-refractivity contribution in [1.29, 1.82) is 0 Å². The van der Waals surface area contributed by atoms with Gasteiger partial charge in [0.1, 0.15) is 0 Å². The fourth-order valence-corrected chi connectivity index (χ4v) is 2.50. The van der Waals surface area contributed by atoms with Crippen LogP contribution in [0.1, 0.15) is 26.3 Å². The topological polar surface area (TPSA) is 66.4 Å². The number of carboxylic acids is 1. The Hall–Kier alpha value is -1.60. The Balaban J connectivity index is 2.37. The van der Waals surface area contributed by atoms with Crippen LogP contribution in [0.5, 0.6) is 0 Å². The molecule has 21 heavy (non-hydrogen) atoms. The zero-order chi connectivity index (χ0) is 15.6. The third-order valence-electron chi connectivity index (χ3n) is 2.88. The van der Waals surface area contributed by atoms with Crippen molar-refractivity contribution in [2.45, 2.75) is 6.92 Å². The molecule has 0 aliphatic heterocycles. The molecule has 0 aliphatic carbocycles. The van der Waals surface area contributed by atoms with Gasteiger partial charge in [-0.2, -0.15) is 0 Å². The van der Waals surface area contributed by atoms with E-state index < -0.39 is 5.97 Å². The second kappa shape index (κ2) is 6.44. The first-order chi connectivity index (χ1) is 9.88. The second-order valence-corrected chi connectivity index (χ2v) is 6.09. The molecule has 6 heteroatoms. The molecule has 4 nitrogen and oxygen atoms in total. The smallest absolute Gasteiger partial charge is 0.337 e. The maximum atomic E-state index is 12.2. The van der Waals surface area contributed by atoms with E-state index >= 15 is 0 Å². The molecule has 1 amide bonds. The van der Waals surface area contributed by atoms with Gasteiger partial charge in [-0.1, -0.05) is 11.6 Å². The van der Waals surface area contributed by atoms with Crippen LogP contribution in [-0.4, -0.2) is 17.0 Å². The highest BCUT2D eigenvalue weighted by atomic mass is 127. The number of aryl methyl sites for hydroxylation is 1. The number of amides is 1. The van der Waals surface area contributed by atoms with Crippen LogP contribution >= 0.6 is 34.2 Å². The monoisotopic (exact) mass is 415 g/mol. The van der Waals surface area contributed by atoms with Gasteiger partial charge < -0.3 is 10.4 Å². The minimum absolute atomic E-state index is 0.0288. The molecule has 2 aromatic rings. The van der Waals surface area contributed by atoms with Gasteiger partial charge in [-0.15, -0.1) is 0 Å². The predicted octanol–water partition coefficient (Wildman–Crippen LogP) is 4.20. The fourth-order valence-electron chi connectivity index (χ4n) is 1.86. The summed E-state index contributed by atoms with van der Waals surface area (Å²) in [4.78, 5) is 23.5. The lowest BCUT2D eigenvalue weighted by molar-refractivity contribution is 0.0698. The molecule has 2 N–H and O–H groups in total. The third-order valence-corrected chi connectivity index (χ3v) is 3.81. The Morgan fingerprint density at radius 1 is 1.19 bits per heavy atom. The van der Waals surface area contributed by atoms with Gasteiger partial charge in [0.2, 0.25) is 0 Å². The second-order valence-electron chi connectivity index (χ2n) is 4.41. The van der Waals surface area contributed by atoms with Gasteiger partial charge in [-0.25, -0.2) is 4.79 Å². The van der Waals surface area contributed by atoms with Crippen molar-refractivity contribution in [1.82, 2.24) is 0 Å². The lowest BCUT2D eigenvalue weighted by atomic mass is 10.1. The van der Waals surface area contributed by atoms with E-state index in [0.717, 1.165) is 3.57 Å². The fraction of sp³-hybridized carbons (Fsp3) is 0.0667. The molecule has 2 rings (SSSR count). The Kier molecular flexibility index (Phi) is 4.84. The van der Waals surface area contributed by atoms with Crippen molar-refractivity contribution < 1.29 is 14.7 Å². The van der Waals surface area contributed by atoms with Crippen molar-refractivity contribution in [2.75, 3.05) is 5.32 Å². The number of anilines is 1. The lowest BCUT2D eigenvalue weighted by Gasteiger charge is -2.12. The first-order valence-electron chi connectivity index (χ1n) is 5.99. The SMILES string of the molecule is Cc1cc(Cl)cc(C(=O)O)c1NC(=O)c1ccc(I)cc1. The molecule has 0 spiro atoms. The van der Waals surface area contributed by atoms with Gasteiger partial charge in [0, 0.05) is 14.2 Å². The summed E-state index contributed by atoms with van der Waals surface area (Å²) in [6.45, 7) is 1.70. The zero-order valence-corrected chi connectivity index (χ0v) is 13.9. The summed E-state index contributed by atoms with van der Waals surface area (Å²) >= 11 is 8.00. The largest absolute Gasteiger partial charge is 0.478 e. The number of carboxylic acid groups (broad SMARTS) is 1. The molecule has 0 aromatic heterocycles. The average Bonchev–Trinajstić information content (AvgIpc) is 2.41. The molecular weight excluding hydrogens is 405 g/mol. The van der Waals surface area contributed by atoms with Gasteiger partial charge in [0.15, 0.2) is 0 Å². The van der Waals surface area contributed by atoms with Crippen LogP contribution in [0.2, 0.25) is 5.02 Å². The molecule has 0 fully saturated rings. The highest BCUT2D eigenvalue weighted by Crippen LogP contribution is 2.26. The molecule has 0 radical (unpaired) electrons. The summed E-state index contributed by atoms with van der Waals surface area (Å²) < 4.78 is 1.01. The van der Waals surface area contributed by atoms with Crippen molar-refractivity contribution in [3.05, 3.63) is 61.7 Å². The van der Waals surface area contributed by atoms with Crippen molar-refractivity contribution >= 4 is 51.8 Å². The first-order valence-corrected chi connectivity index (χ1v) is 7.44. The van der Waals surface area contributed by atoms with Gasteiger partial charge in [-0.3, -0.25) is 4.79 Å². The number of nitrogens with one attached hydrogen (secondary N) is 1. The molecule has 0 aliphatic rings. The quantitative estimate of drug-likeness (QED) is 0.738. The molecule has 0 heterocycles. The summed E-state index contributed by atoms with van der Waals surface area (Å²) in [5.41, 5.74) is 1.29. The average molecular weight is 416 g/mol. The molecular formula is C15H11ClINO3. The number of halogens is 2. The number of hydrogen-bond donors (Lipinski definition) is 2. The maximum Gasteiger partial charge on any atom is 0.337 e. The summed E-state index contributed by atoms with van der Waals surface area (Å²) in [5.74, 6) is -1.50. The van der Waals surface area contributed by atoms with Crippen LogP contribution in [0, 0.1) is 10.5 Å². The van der Waals surface area contributed by atoms with Crippen molar-refractivity contribution in [2.24, 2.45) is 0 Å². The van der Waals surface area contributed by atoms with Crippen LogP contribution < -0.4 is 5.32 Å². The minimum Gasteiger partial charge on any atom is -0.478 e. The van der Waals surface area contributed by atoms with E-state index in [1.807, 2.05) is 12.1 Å². The molecule has 2 aromatic carbocycles. The van der Waals surface area contributed by atoms with Crippen LogP contribution in [0.3, 0.4) is 0 Å². The summed E-state index contributed by atoms with van der Waals surface area (Å²) in [6.07, 6.45) is 0. The number of aromatic carboxylic acids is 1. The van der Waals surface area contributed by atoms with Crippen molar-refractivity contribution in [3.63, 3.8) is 0 Å². The number of rotatable bonds is 3. The summed E-state index contributed by atoms with van der Waals surface area (Å²) in [7, 11) is 0. The van der Waals surface area contributed by atoms with Crippen LogP contribution in [-0.2, 0) is 0 Å². The standard InChI is InChI=1S/C15H11ClINO3/c1-8-6-10(16)7-12(15(20)21)13(8)18-14(19)9-2-4-11(17)5-3-9/h2-7H,1H3,(H,18,19)(H,20,21). The highest BCUT2D eigenvalue weighted by molar-refractivity contribution is 14.1. The van der Waals surface area contributed by atoms with Gasteiger partial charge in [-0.05, 0) is 71.5 Å². The molecule has 0 saturated heterocycles. The minimum atomic E-state index is -1.14. The van der Waals surface area contributed by atoms with E-state index in [1.165, 1.54) is 6.07 Å². The van der Waals surface area contributed by atoms with E-state index in [1.54, 1.807) is 25.1 Å². The summed E-state index contributed by atoms with van der Waals surface area (Å²) in [5, 5.41) is 12.2. The number of hydrogen-bond acceptors (Lipinski definition) is 2. The normalized spacial score (nSPS) is 10.2. The highest BCUT2D eigenvalue weighted by Gasteiger charge is 2.17. The predicted molar refractivity (Wildman–Crippen MR) is 90.3 cm³/mol. The third kappa shape index (κ3) is 3.74. The van der Waals surface area contributed by atoms with E-state index in [2.05, 4.69) is 27.9 Å². The van der Waals surface area contributed by atoms with E-state index in [-0.39, 0.29) is 17.2 Å². The molecule has 0 saturated carbocycles. The Morgan fingerprint density at radius 2 is 1.81 bits per heavy atom. The van der Waals surface area contributed by atoms with Crippen molar-refractivity contribution in [3.8, 4) is 0 Å². The molecule has 0 unspecified atom stereocenters. The van der Waals surface area contributed by atoms with Crippen LogP contribution in [0.15, 0.2) is 36.4 Å². The number of carbonyl (C=O) groups is 2. The van der Waals surface area contributed by atoms with Crippen LogP contribution in [0.4, 0.5) is 5.69 Å². The lowest BCUT2D eigenvalue weighted by Crippen LogP contribution is -2.16. The zero-order valence-electron chi connectivity index (χ0n) is 11.0. The summed E-state index contributed by atoms with van der Waals surface area (Å²) in [6, 6.07) is 9.91. The van der Waals surface area contributed by atoms with E-state index in [4.69, 9.17) is 11.6 Å². The van der Waals surface area contributed by atoms with Crippen LogP contribution in [0.25, 0.3) is 0 Å². The van der Waals surface area contributed by atoms with E-state index in [0.29, 0.717) is 16.1 Å².